The van der Waals surface area contributed by atoms with Crippen molar-refractivity contribution in [3.63, 3.8) is 0 Å². The van der Waals surface area contributed by atoms with Crippen LogP contribution >= 0.6 is 0 Å². The third-order valence-corrected chi connectivity index (χ3v) is 2.50. The van der Waals surface area contributed by atoms with Crippen molar-refractivity contribution < 1.29 is 14.4 Å². The van der Waals surface area contributed by atoms with E-state index in [1.165, 1.54) is 12.1 Å². The molecule has 0 aliphatic carbocycles. The smallest absolute Gasteiger partial charge is 0.423 e. The predicted molar refractivity (Wildman–Crippen MR) is 66.8 cm³/mol. The van der Waals surface area contributed by atoms with Gasteiger partial charge in [-0.05, 0) is 6.07 Å². The van der Waals surface area contributed by atoms with Crippen LogP contribution in [0.2, 0.25) is 5.31 Å². The van der Waals surface area contributed by atoms with Gasteiger partial charge in [0.25, 0.3) is 0 Å². The summed E-state index contributed by atoms with van der Waals surface area (Å²) < 4.78 is 13.2. The Morgan fingerprint density at radius 2 is 1.94 bits per heavy atom. The first kappa shape index (κ1) is 13.3. The Morgan fingerprint density at radius 3 is 2.44 bits per heavy atom. The Labute approximate surface area is 96.9 Å². The van der Waals surface area contributed by atoms with Crippen molar-refractivity contribution >= 4 is 19.9 Å². The lowest BCUT2D eigenvalue weighted by molar-refractivity contribution is 0.423. The SMILES string of the molecule is CC(C)(C)BCc1ccc(F)c(B(O)O)c1. The van der Waals surface area contributed by atoms with Crippen LogP contribution in [0, 0.1) is 5.82 Å². The topological polar surface area (TPSA) is 40.5 Å². The summed E-state index contributed by atoms with van der Waals surface area (Å²) in [6, 6.07) is 4.49. The van der Waals surface area contributed by atoms with E-state index in [-0.39, 0.29) is 10.8 Å². The molecule has 2 N–H and O–H groups in total. The zero-order valence-electron chi connectivity index (χ0n) is 10.00. The van der Waals surface area contributed by atoms with Gasteiger partial charge in [-0.3, -0.25) is 0 Å². The summed E-state index contributed by atoms with van der Waals surface area (Å²) in [5.74, 6) is -0.575. The molecule has 0 bridgehead atoms. The van der Waals surface area contributed by atoms with Gasteiger partial charge in [0, 0.05) is 5.46 Å². The van der Waals surface area contributed by atoms with Crippen molar-refractivity contribution in [1.82, 2.24) is 0 Å². The second-order valence-corrected chi connectivity index (χ2v) is 5.29. The van der Waals surface area contributed by atoms with E-state index in [1.807, 2.05) is 0 Å². The van der Waals surface area contributed by atoms with Gasteiger partial charge in [0.15, 0.2) is 0 Å². The van der Waals surface area contributed by atoms with E-state index >= 15 is 0 Å². The Balaban J connectivity index is 2.79. The van der Waals surface area contributed by atoms with Gasteiger partial charge in [0.1, 0.15) is 13.1 Å². The number of hydrogen-bond donors (Lipinski definition) is 2. The number of benzene rings is 1. The molecule has 0 aliphatic heterocycles. The fraction of sp³-hybridized carbons (Fsp3) is 0.455. The van der Waals surface area contributed by atoms with Gasteiger partial charge in [0.05, 0.1) is 0 Å². The zero-order chi connectivity index (χ0) is 12.3. The summed E-state index contributed by atoms with van der Waals surface area (Å²) in [6.07, 6.45) is 0.809. The van der Waals surface area contributed by atoms with E-state index in [9.17, 15) is 4.39 Å². The summed E-state index contributed by atoms with van der Waals surface area (Å²) in [5, 5.41) is 18.2. The molecule has 86 valence electrons. The number of rotatable bonds is 3. The molecule has 0 saturated heterocycles. The van der Waals surface area contributed by atoms with E-state index in [0.717, 1.165) is 19.2 Å². The minimum Gasteiger partial charge on any atom is -0.423 e. The van der Waals surface area contributed by atoms with Gasteiger partial charge >= 0.3 is 7.12 Å². The van der Waals surface area contributed by atoms with Crippen molar-refractivity contribution in [2.24, 2.45) is 0 Å². The van der Waals surface area contributed by atoms with Gasteiger partial charge in [-0.25, -0.2) is 4.39 Å². The zero-order valence-corrected chi connectivity index (χ0v) is 10.00. The number of hydrogen-bond acceptors (Lipinski definition) is 2. The lowest BCUT2D eigenvalue weighted by Gasteiger charge is -2.16. The lowest BCUT2D eigenvalue weighted by Crippen LogP contribution is -2.33. The quantitative estimate of drug-likeness (QED) is 0.737. The molecule has 0 unspecified atom stereocenters. The standard InChI is InChI=1S/C11H17B2FO2/c1-11(2,3)12-7-8-4-5-10(14)9(6-8)13(15)16/h4-6,12,15-16H,7H2,1-3H3. The van der Waals surface area contributed by atoms with Gasteiger partial charge in [0.2, 0.25) is 0 Å². The van der Waals surface area contributed by atoms with E-state index in [0.29, 0.717) is 0 Å². The van der Waals surface area contributed by atoms with Gasteiger partial charge in [-0.1, -0.05) is 50.1 Å². The first-order chi connectivity index (χ1) is 7.29. The maximum absolute atomic E-state index is 13.2. The Bertz CT molecular complexity index is 361. The monoisotopic (exact) mass is 222 g/mol. The molecule has 0 spiro atoms. The van der Waals surface area contributed by atoms with Crippen LogP contribution in [0.25, 0.3) is 0 Å². The van der Waals surface area contributed by atoms with Crippen LogP contribution in [0.3, 0.4) is 0 Å². The molecule has 0 aliphatic rings. The normalized spacial score (nSPS) is 11.4. The van der Waals surface area contributed by atoms with Crippen molar-refractivity contribution in [3.8, 4) is 0 Å². The Kier molecular flexibility index (Phi) is 4.16. The third-order valence-electron chi connectivity index (χ3n) is 2.50. The largest absolute Gasteiger partial charge is 0.491 e. The molecule has 2 nitrogen and oxygen atoms in total. The van der Waals surface area contributed by atoms with Gasteiger partial charge in [-0.2, -0.15) is 0 Å². The second kappa shape index (κ2) is 5.02. The molecule has 5 heteroatoms. The predicted octanol–water partition coefficient (Wildman–Crippen LogP) is 0.660. The van der Waals surface area contributed by atoms with Crippen LogP contribution < -0.4 is 5.46 Å². The molecule has 0 atom stereocenters. The maximum Gasteiger partial charge on any atom is 0.491 e. The number of halogens is 1. The van der Waals surface area contributed by atoms with Crippen LogP contribution in [0.5, 0.6) is 0 Å². The van der Waals surface area contributed by atoms with E-state index in [1.54, 1.807) is 6.07 Å². The highest BCUT2D eigenvalue weighted by atomic mass is 19.1. The molecule has 0 amide bonds. The molecule has 0 fully saturated rings. The molecular formula is C11H17B2FO2. The molecule has 0 radical (unpaired) electrons. The van der Waals surface area contributed by atoms with Gasteiger partial charge < -0.3 is 10.0 Å². The molecule has 0 aromatic heterocycles. The highest BCUT2D eigenvalue weighted by Gasteiger charge is 2.18. The molecule has 0 saturated carbocycles. The van der Waals surface area contributed by atoms with Crippen LogP contribution in [0.1, 0.15) is 26.3 Å². The van der Waals surface area contributed by atoms with Crippen LogP contribution in [-0.2, 0) is 6.32 Å². The maximum atomic E-state index is 13.2. The fourth-order valence-electron chi connectivity index (χ4n) is 1.47. The third kappa shape index (κ3) is 3.99. The van der Waals surface area contributed by atoms with Crippen molar-refractivity contribution in [2.75, 3.05) is 0 Å². The summed E-state index contributed by atoms with van der Waals surface area (Å²) in [6.45, 7) is 6.41. The van der Waals surface area contributed by atoms with Gasteiger partial charge in [-0.15, -0.1) is 0 Å². The summed E-state index contributed by atoms with van der Waals surface area (Å²) in [4.78, 5) is 0. The molecule has 1 aromatic rings. The van der Waals surface area contributed by atoms with Crippen LogP contribution in [0.4, 0.5) is 4.39 Å². The second-order valence-electron chi connectivity index (χ2n) is 5.29. The minimum absolute atomic E-state index is 0.0496. The lowest BCUT2D eigenvalue weighted by atomic mass is 9.52. The highest BCUT2D eigenvalue weighted by molar-refractivity contribution is 6.58. The van der Waals surface area contributed by atoms with Crippen molar-refractivity contribution in [1.29, 1.82) is 0 Å². The Hall–Kier alpha value is -0.800. The minimum atomic E-state index is -1.74. The van der Waals surface area contributed by atoms with Crippen LogP contribution in [-0.4, -0.2) is 24.4 Å². The van der Waals surface area contributed by atoms with Crippen LogP contribution in [0.15, 0.2) is 18.2 Å². The highest BCUT2D eigenvalue weighted by Crippen LogP contribution is 2.21. The van der Waals surface area contributed by atoms with E-state index < -0.39 is 12.9 Å². The average molecular weight is 222 g/mol. The molecular weight excluding hydrogens is 205 g/mol. The average Bonchev–Trinajstić information content (AvgIpc) is 2.14. The van der Waals surface area contributed by atoms with Crippen molar-refractivity contribution in [2.45, 2.75) is 32.4 Å². The molecule has 0 heterocycles. The first-order valence-corrected chi connectivity index (χ1v) is 5.44. The van der Waals surface area contributed by atoms with E-state index in [4.69, 9.17) is 10.0 Å². The fourth-order valence-corrected chi connectivity index (χ4v) is 1.47. The molecule has 1 rings (SSSR count). The Morgan fingerprint density at radius 1 is 1.31 bits per heavy atom. The molecule has 16 heavy (non-hydrogen) atoms. The molecule has 1 aromatic carbocycles. The van der Waals surface area contributed by atoms with E-state index in [2.05, 4.69) is 20.8 Å². The summed E-state index contributed by atoms with van der Waals surface area (Å²) in [7, 11) is -0.769. The summed E-state index contributed by atoms with van der Waals surface area (Å²) >= 11 is 0. The first-order valence-electron chi connectivity index (χ1n) is 5.44. The van der Waals surface area contributed by atoms with Crippen molar-refractivity contribution in [3.05, 3.63) is 29.6 Å². The summed E-state index contributed by atoms with van der Waals surface area (Å²) in [5.41, 5.74) is 0.880.